The van der Waals surface area contributed by atoms with Gasteiger partial charge in [0.1, 0.15) is 12.4 Å². The van der Waals surface area contributed by atoms with Crippen LogP contribution in [0.2, 0.25) is 0 Å². The molecule has 1 amide bonds. The van der Waals surface area contributed by atoms with E-state index in [-0.39, 0.29) is 24.3 Å². The minimum atomic E-state index is -0.282. The molecule has 0 bridgehead atoms. The Morgan fingerprint density at radius 3 is 2.57 bits per heavy atom. The fraction of sp³-hybridized carbons (Fsp3) is 0.333. The molecule has 0 saturated carbocycles. The van der Waals surface area contributed by atoms with E-state index in [1.165, 1.54) is 16.9 Å². The van der Waals surface area contributed by atoms with Gasteiger partial charge in [-0.2, -0.15) is 4.80 Å². The second kappa shape index (κ2) is 9.55. The smallest absolute Gasteiger partial charge is 0.243 e. The SMILES string of the molecule is O=C(Cn1nnc(-c2ccccc2)n1)NCC(c1ccc(F)cc1)N1CCOCC1. The van der Waals surface area contributed by atoms with Crippen LogP contribution in [0, 0.1) is 5.82 Å². The van der Waals surface area contributed by atoms with Crippen LogP contribution in [0.15, 0.2) is 54.6 Å². The van der Waals surface area contributed by atoms with Crippen LogP contribution in [0.1, 0.15) is 11.6 Å². The summed E-state index contributed by atoms with van der Waals surface area (Å²) in [6.07, 6.45) is 0. The molecule has 8 nitrogen and oxygen atoms in total. The van der Waals surface area contributed by atoms with Gasteiger partial charge in [-0.05, 0) is 22.9 Å². The molecule has 1 N–H and O–H groups in total. The van der Waals surface area contributed by atoms with Gasteiger partial charge in [0.25, 0.3) is 0 Å². The van der Waals surface area contributed by atoms with E-state index in [2.05, 4.69) is 25.6 Å². The molecule has 156 valence electrons. The Bertz CT molecular complexity index is 957. The lowest BCUT2D eigenvalue weighted by Gasteiger charge is -2.34. The molecule has 2 heterocycles. The number of hydrogen-bond acceptors (Lipinski definition) is 6. The van der Waals surface area contributed by atoms with Crippen molar-refractivity contribution in [1.29, 1.82) is 0 Å². The molecule has 0 spiro atoms. The van der Waals surface area contributed by atoms with Crippen LogP contribution in [-0.2, 0) is 16.1 Å². The van der Waals surface area contributed by atoms with Gasteiger partial charge in [-0.3, -0.25) is 9.69 Å². The van der Waals surface area contributed by atoms with Crippen molar-refractivity contribution in [3.8, 4) is 11.4 Å². The Morgan fingerprint density at radius 1 is 1.10 bits per heavy atom. The van der Waals surface area contributed by atoms with Crippen LogP contribution in [0.25, 0.3) is 11.4 Å². The zero-order chi connectivity index (χ0) is 20.8. The molecule has 1 aliphatic heterocycles. The third kappa shape index (κ3) is 5.05. The number of hydrogen-bond donors (Lipinski definition) is 1. The van der Waals surface area contributed by atoms with E-state index in [9.17, 15) is 9.18 Å². The summed E-state index contributed by atoms with van der Waals surface area (Å²) < 4.78 is 18.8. The van der Waals surface area contributed by atoms with Crippen LogP contribution >= 0.6 is 0 Å². The normalized spacial score (nSPS) is 15.6. The van der Waals surface area contributed by atoms with Crippen LogP contribution in [0.3, 0.4) is 0 Å². The van der Waals surface area contributed by atoms with Gasteiger partial charge in [-0.1, -0.05) is 42.5 Å². The third-order valence-electron chi connectivity index (χ3n) is 5.00. The molecule has 1 aliphatic rings. The Kier molecular flexibility index (Phi) is 6.41. The number of nitrogens with zero attached hydrogens (tertiary/aromatic N) is 5. The van der Waals surface area contributed by atoms with Gasteiger partial charge in [0, 0.05) is 25.2 Å². The van der Waals surface area contributed by atoms with Gasteiger partial charge in [-0.15, -0.1) is 10.2 Å². The largest absolute Gasteiger partial charge is 0.379 e. The van der Waals surface area contributed by atoms with Gasteiger partial charge < -0.3 is 10.1 Å². The quantitative estimate of drug-likeness (QED) is 0.638. The van der Waals surface area contributed by atoms with E-state index in [1.54, 1.807) is 12.1 Å². The van der Waals surface area contributed by atoms with Crippen molar-refractivity contribution in [2.45, 2.75) is 12.6 Å². The van der Waals surface area contributed by atoms with Crippen molar-refractivity contribution in [3.63, 3.8) is 0 Å². The maximum atomic E-state index is 13.3. The van der Waals surface area contributed by atoms with Crippen molar-refractivity contribution in [3.05, 3.63) is 66.0 Å². The van der Waals surface area contributed by atoms with Crippen molar-refractivity contribution >= 4 is 5.91 Å². The fourth-order valence-electron chi connectivity index (χ4n) is 3.44. The highest BCUT2D eigenvalue weighted by Gasteiger charge is 2.23. The monoisotopic (exact) mass is 410 g/mol. The van der Waals surface area contributed by atoms with Crippen molar-refractivity contribution < 1.29 is 13.9 Å². The van der Waals surface area contributed by atoms with Crippen LogP contribution < -0.4 is 5.32 Å². The van der Waals surface area contributed by atoms with E-state index in [4.69, 9.17) is 4.74 Å². The van der Waals surface area contributed by atoms with Gasteiger partial charge in [-0.25, -0.2) is 4.39 Å². The number of nitrogens with one attached hydrogen (secondary N) is 1. The number of aromatic nitrogens is 4. The molecule has 30 heavy (non-hydrogen) atoms. The number of ether oxygens (including phenoxy) is 1. The molecule has 0 radical (unpaired) electrons. The highest BCUT2D eigenvalue weighted by Crippen LogP contribution is 2.21. The molecular weight excluding hydrogens is 387 g/mol. The highest BCUT2D eigenvalue weighted by molar-refractivity contribution is 5.75. The number of amides is 1. The first kappa shape index (κ1) is 20.1. The summed E-state index contributed by atoms with van der Waals surface area (Å²) >= 11 is 0. The Hall–Kier alpha value is -3.17. The minimum absolute atomic E-state index is 0.0287. The van der Waals surface area contributed by atoms with Crippen molar-refractivity contribution in [1.82, 2.24) is 30.4 Å². The maximum absolute atomic E-state index is 13.3. The summed E-state index contributed by atoms with van der Waals surface area (Å²) in [6, 6.07) is 15.8. The number of carbonyl (C=O) groups is 1. The molecular formula is C21H23FN6O2. The number of morpholine rings is 1. The zero-order valence-electron chi connectivity index (χ0n) is 16.4. The van der Waals surface area contributed by atoms with Crippen LogP contribution in [-0.4, -0.2) is 63.9 Å². The van der Waals surface area contributed by atoms with E-state index < -0.39 is 0 Å². The fourth-order valence-corrected chi connectivity index (χ4v) is 3.44. The van der Waals surface area contributed by atoms with Gasteiger partial charge >= 0.3 is 0 Å². The lowest BCUT2D eigenvalue weighted by Crippen LogP contribution is -2.44. The van der Waals surface area contributed by atoms with Gasteiger partial charge in [0.15, 0.2) is 0 Å². The van der Waals surface area contributed by atoms with Gasteiger partial charge in [0.05, 0.1) is 19.3 Å². The first-order valence-corrected chi connectivity index (χ1v) is 9.86. The summed E-state index contributed by atoms with van der Waals surface area (Å²) in [6.45, 7) is 3.14. The van der Waals surface area contributed by atoms with E-state index in [0.29, 0.717) is 25.6 Å². The molecule has 1 saturated heterocycles. The summed E-state index contributed by atoms with van der Waals surface area (Å²) in [7, 11) is 0. The Balaban J connectivity index is 1.39. The predicted molar refractivity (Wildman–Crippen MR) is 108 cm³/mol. The Morgan fingerprint density at radius 2 is 1.83 bits per heavy atom. The molecule has 1 unspecified atom stereocenters. The van der Waals surface area contributed by atoms with Crippen molar-refractivity contribution in [2.24, 2.45) is 0 Å². The summed E-state index contributed by atoms with van der Waals surface area (Å²) in [5, 5.41) is 15.2. The van der Waals surface area contributed by atoms with Crippen LogP contribution in [0.4, 0.5) is 4.39 Å². The molecule has 9 heteroatoms. The lowest BCUT2D eigenvalue weighted by molar-refractivity contribution is -0.122. The third-order valence-corrected chi connectivity index (χ3v) is 5.00. The summed E-state index contributed by atoms with van der Waals surface area (Å²) in [4.78, 5) is 16.0. The molecule has 4 rings (SSSR count). The number of halogens is 1. The average molecular weight is 410 g/mol. The molecule has 1 aromatic heterocycles. The van der Waals surface area contributed by atoms with E-state index in [0.717, 1.165) is 24.2 Å². The van der Waals surface area contributed by atoms with Crippen molar-refractivity contribution in [2.75, 3.05) is 32.8 Å². The minimum Gasteiger partial charge on any atom is -0.379 e. The number of tetrazole rings is 1. The second-order valence-electron chi connectivity index (χ2n) is 7.03. The Labute approximate surface area is 173 Å². The summed E-state index contributed by atoms with van der Waals surface area (Å²) in [5.41, 5.74) is 1.79. The molecule has 0 aliphatic carbocycles. The maximum Gasteiger partial charge on any atom is 0.243 e. The molecule has 3 aromatic rings. The first-order valence-electron chi connectivity index (χ1n) is 9.86. The zero-order valence-corrected chi connectivity index (χ0v) is 16.4. The molecule has 1 atom stereocenters. The first-order chi connectivity index (χ1) is 14.7. The number of carbonyl (C=O) groups excluding carboxylic acids is 1. The van der Waals surface area contributed by atoms with Crippen LogP contribution in [0.5, 0.6) is 0 Å². The topological polar surface area (TPSA) is 85.2 Å². The lowest BCUT2D eigenvalue weighted by atomic mass is 10.0. The predicted octanol–water partition coefficient (Wildman–Crippen LogP) is 1.67. The van der Waals surface area contributed by atoms with Gasteiger partial charge in [0.2, 0.25) is 11.7 Å². The highest BCUT2D eigenvalue weighted by atomic mass is 19.1. The number of rotatable bonds is 7. The summed E-state index contributed by atoms with van der Waals surface area (Å²) in [5.74, 6) is -0.0247. The van der Waals surface area contributed by atoms with E-state index in [1.807, 2.05) is 30.3 Å². The number of benzene rings is 2. The molecule has 1 fully saturated rings. The standard InChI is InChI=1S/C21H23FN6O2/c22-18-8-6-16(7-9-18)19(27-10-12-30-13-11-27)14-23-20(29)15-28-25-21(24-26-28)17-4-2-1-3-5-17/h1-9,19H,10-15H2,(H,23,29). The molecule has 2 aromatic carbocycles. The average Bonchev–Trinajstić information content (AvgIpc) is 3.25. The van der Waals surface area contributed by atoms with E-state index >= 15 is 0 Å². The second-order valence-corrected chi connectivity index (χ2v) is 7.03.